The zero-order valence-corrected chi connectivity index (χ0v) is 10.7. The molecule has 0 radical (unpaired) electrons. The second-order valence-electron chi connectivity index (χ2n) is 4.35. The molecule has 1 aliphatic carbocycles. The largest absolute Gasteiger partial charge is 0.396 e. The number of thioether (sulfide) groups is 1. The molecule has 0 saturated heterocycles. The highest BCUT2D eigenvalue weighted by molar-refractivity contribution is 7.99. The molecule has 0 spiro atoms. The first-order chi connectivity index (χ1) is 8.19. The highest BCUT2D eigenvalue weighted by atomic mass is 32.2. The summed E-state index contributed by atoms with van der Waals surface area (Å²) >= 11 is 1.84. The highest BCUT2D eigenvalue weighted by Crippen LogP contribution is 2.28. The van der Waals surface area contributed by atoms with Gasteiger partial charge in [0.25, 0.3) is 0 Å². The van der Waals surface area contributed by atoms with Gasteiger partial charge in [-0.15, -0.1) is 0 Å². The van der Waals surface area contributed by atoms with Crippen LogP contribution in [0.15, 0.2) is 12.4 Å². The van der Waals surface area contributed by atoms with Gasteiger partial charge in [0.15, 0.2) is 0 Å². The molecule has 1 aliphatic rings. The van der Waals surface area contributed by atoms with Crippen molar-refractivity contribution in [3.8, 4) is 0 Å². The van der Waals surface area contributed by atoms with Crippen LogP contribution in [0, 0.1) is 0 Å². The van der Waals surface area contributed by atoms with Gasteiger partial charge in [-0.1, -0.05) is 6.42 Å². The summed E-state index contributed by atoms with van der Waals surface area (Å²) in [5.41, 5.74) is 6.13. The number of nitrogens with two attached hydrogens (primary N) is 1. The van der Waals surface area contributed by atoms with Gasteiger partial charge in [-0.2, -0.15) is 16.9 Å². The van der Waals surface area contributed by atoms with Crippen LogP contribution in [0.1, 0.15) is 19.3 Å². The quantitative estimate of drug-likeness (QED) is 0.836. The molecule has 1 aromatic rings. The number of carbonyl (C=O) groups is 1. The Balaban J connectivity index is 1.85. The number of carbonyl (C=O) groups excluding carboxylic acids is 1. The van der Waals surface area contributed by atoms with E-state index in [0.29, 0.717) is 17.0 Å². The van der Waals surface area contributed by atoms with E-state index in [2.05, 4.69) is 16.7 Å². The van der Waals surface area contributed by atoms with Gasteiger partial charge < -0.3 is 11.1 Å². The molecule has 2 rings (SSSR count). The minimum Gasteiger partial charge on any atom is -0.396 e. The monoisotopic (exact) mass is 254 g/mol. The van der Waals surface area contributed by atoms with Crippen LogP contribution in [-0.2, 0) is 11.3 Å². The number of aromatic nitrogens is 2. The summed E-state index contributed by atoms with van der Waals surface area (Å²) in [5, 5.41) is 7.63. The second-order valence-corrected chi connectivity index (χ2v) is 5.43. The Morgan fingerprint density at radius 2 is 2.53 bits per heavy atom. The average Bonchev–Trinajstić information content (AvgIpc) is 2.87. The minimum absolute atomic E-state index is 0.0130. The van der Waals surface area contributed by atoms with Crippen molar-refractivity contribution in [1.82, 2.24) is 15.1 Å². The van der Waals surface area contributed by atoms with E-state index < -0.39 is 0 Å². The van der Waals surface area contributed by atoms with Crippen molar-refractivity contribution >= 4 is 23.4 Å². The van der Waals surface area contributed by atoms with Gasteiger partial charge in [-0.05, 0) is 19.1 Å². The van der Waals surface area contributed by atoms with Crippen LogP contribution in [-0.4, -0.2) is 33.2 Å². The summed E-state index contributed by atoms with van der Waals surface area (Å²) in [5.74, 6) is 0.0130. The van der Waals surface area contributed by atoms with Crippen molar-refractivity contribution in [2.24, 2.45) is 0 Å². The number of amides is 1. The number of anilines is 1. The van der Waals surface area contributed by atoms with Crippen molar-refractivity contribution < 1.29 is 4.79 Å². The van der Waals surface area contributed by atoms with Gasteiger partial charge in [0.2, 0.25) is 5.91 Å². The smallest absolute Gasteiger partial charge is 0.241 e. The lowest BCUT2D eigenvalue weighted by Crippen LogP contribution is -2.40. The van der Waals surface area contributed by atoms with E-state index in [1.54, 1.807) is 17.1 Å². The van der Waals surface area contributed by atoms with Crippen molar-refractivity contribution in [1.29, 1.82) is 0 Å². The molecule has 2 atom stereocenters. The maximum absolute atomic E-state index is 11.8. The Bertz CT molecular complexity index is 393. The molecule has 0 bridgehead atoms. The van der Waals surface area contributed by atoms with Crippen molar-refractivity contribution in [3.63, 3.8) is 0 Å². The second kappa shape index (κ2) is 5.44. The normalized spacial score (nSPS) is 23.8. The van der Waals surface area contributed by atoms with Gasteiger partial charge in [0.1, 0.15) is 6.54 Å². The van der Waals surface area contributed by atoms with E-state index in [0.717, 1.165) is 6.42 Å². The molecule has 1 amide bonds. The van der Waals surface area contributed by atoms with Gasteiger partial charge in [-0.25, -0.2) is 0 Å². The third-order valence-corrected chi connectivity index (χ3v) is 4.23. The zero-order chi connectivity index (χ0) is 12.3. The maximum atomic E-state index is 11.8. The molecule has 1 fully saturated rings. The molecule has 2 unspecified atom stereocenters. The lowest BCUT2D eigenvalue weighted by Gasteiger charge is -2.19. The van der Waals surface area contributed by atoms with Crippen molar-refractivity contribution in [3.05, 3.63) is 12.4 Å². The molecule has 0 aromatic carbocycles. The molecule has 6 heteroatoms. The van der Waals surface area contributed by atoms with Gasteiger partial charge >= 0.3 is 0 Å². The van der Waals surface area contributed by atoms with Crippen LogP contribution in [0.5, 0.6) is 0 Å². The molecule has 1 aromatic heterocycles. The molecule has 17 heavy (non-hydrogen) atoms. The van der Waals surface area contributed by atoms with Crippen molar-refractivity contribution in [2.45, 2.75) is 37.1 Å². The molecule has 5 nitrogen and oxygen atoms in total. The minimum atomic E-state index is 0.0130. The predicted molar refractivity (Wildman–Crippen MR) is 69.7 cm³/mol. The topological polar surface area (TPSA) is 72.9 Å². The fourth-order valence-electron chi connectivity index (χ4n) is 2.24. The fourth-order valence-corrected chi connectivity index (χ4v) is 3.17. The lowest BCUT2D eigenvalue weighted by atomic mass is 10.2. The third kappa shape index (κ3) is 3.15. The van der Waals surface area contributed by atoms with Crippen LogP contribution in [0.2, 0.25) is 0 Å². The number of hydrogen-bond acceptors (Lipinski definition) is 4. The summed E-state index contributed by atoms with van der Waals surface area (Å²) in [6.45, 7) is 0.245. The molecule has 1 saturated carbocycles. The molecule has 1 heterocycles. The summed E-state index contributed by atoms with van der Waals surface area (Å²) in [6.07, 6.45) is 8.79. The average molecular weight is 254 g/mol. The van der Waals surface area contributed by atoms with Gasteiger partial charge in [0.05, 0.1) is 11.9 Å². The molecular weight excluding hydrogens is 236 g/mol. The van der Waals surface area contributed by atoms with Crippen LogP contribution >= 0.6 is 11.8 Å². The Kier molecular flexibility index (Phi) is 3.93. The van der Waals surface area contributed by atoms with Crippen LogP contribution in [0.25, 0.3) is 0 Å². The van der Waals surface area contributed by atoms with Gasteiger partial charge in [0, 0.05) is 17.5 Å². The van der Waals surface area contributed by atoms with E-state index in [1.807, 2.05) is 11.8 Å². The van der Waals surface area contributed by atoms with E-state index in [1.165, 1.54) is 12.8 Å². The summed E-state index contributed by atoms with van der Waals surface area (Å²) < 4.78 is 1.56. The Labute approximate surface area is 105 Å². The molecular formula is C11H18N4OS. The summed E-state index contributed by atoms with van der Waals surface area (Å²) in [7, 11) is 0. The van der Waals surface area contributed by atoms with Crippen LogP contribution in [0.4, 0.5) is 5.69 Å². The number of nitrogen functional groups attached to an aromatic ring is 1. The Hall–Kier alpha value is -1.17. The first-order valence-corrected chi connectivity index (χ1v) is 7.08. The first kappa shape index (κ1) is 12.3. The Morgan fingerprint density at radius 3 is 3.18 bits per heavy atom. The molecule has 94 valence electrons. The molecule has 0 aliphatic heterocycles. The summed E-state index contributed by atoms with van der Waals surface area (Å²) in [6, 6.07) is 0.311. The number of nitrogens with one attached hydrogen (secondary N) is 1. The van der Waals surface area contributed by atoms with Crippen molar-refractivity contribution in [2.75, 3.05) is 12.0 Å². The third-order valence-electron chi connectivity index (χ3n) is 3.06. The predicted octanol–water partition coefficient (Wildman–Crippen LogP) is 0.866. The van der Waals surface area contributed by atoms with E-state index in [4.69, 9.17) is 5.73 Å². The SMILES string of the molecule is CSC1CCCC1NC(=O)Cn1cc(N)cn1. The molecule has 3 N–H and O–H groups in total. The fraction of sp³-hybridized carbons (Fsp3) is 0.636. The Morgan fingerprint density at radius 1 is 1.71 bits per heavy atom. The van der Waals surface area contributed by atoms with Crippen LogP contribution < -0.4 is 11.1 Å². The maximum Gasteiger partial charge on any atom is 0.241 e. The first-order valence-electron chi connectivity index (χ1n) is 5.79. The van der Waals surface area contributed by atoms with Gasteiger partial charge in [-0.3, -0.25) is 9.48 Å². The standard InChI is InChI=1S/C11H18N4OS/c1-17-10-4-2-3-9(10)14-11(16)7-15-6-8(12)5-13-15/h5-6,9-10H,2-4,7,12H2,1H3,(H,14,16). The van der Waals surface area contributed by atoms with E-state index in [-0.39, 0.29) is 12.5 Å². The zero-order valence-electron chi connectivity index (χ0n) is 9.93. The number of rotatable bonds is 4. The van der Waals surface area contributed by atoms with E-state index >= 15 is 0 Å². The highest BCUT2D eigenvalue weighted by Gasteiger charge is 2.27. The number of nitrogens with zero attached hydrogens (tertiary/aromatic N) is 2. The lowest BCUT2D eigenvalue weighted by molar-refractivity contribution is -0.122. The summed E-state index contributed by atoms with van der Waals surface area (Å²) in [4.78, 5) is 11.8. The van der Waals surface area contributed by atoms with E-state index in [9.17, 15) is 4.79 Å². The van der Waals surface area contributed by atoms with Crippen LogP contribution in [0.3, 0.4) is 0 Å². The number of hydrogen-bond donors (Lipinski definition) is 2.